The highest BCUT2D eigenvalue weighted by atomic mass is 79.9. The van der Waals surface area contributed by atoms with Crippen LogP contribution in [0.4, 0.5) is 0 Å². The van der Waals surface area contributed by atoms with Crippen LogP contribution in [0.5, 0.6) is 0 Å². The minimum atomic E-state index is -0.395. The maximum absolute atomic E-state index is 11.2. The summed E-state index contributed by atoms with van der Waals surface area (Å²) in [6.07, 6.45) is 0.894. The molecule has 3 nitrogen and oxygen atoms in total. The quantitative estimate of drug-likeness (QED) is 0.525. The van der Waals surface area contributed by atoms with Crippen LogP contribution in [0.15, 0.2) is 34.8 Å². The zero-order valence-corrected chi connectivity index (χ0v) is 10.3. The molecule has 16 heavy (non-hydrogen) atoms. The second kappa shape index (κ2) is 5.61. The van der Waals surface area contributed by atoms with Gasteiger partial charge >= 0.3 is 0 Å². The third-order valence-electron chi connectivity index (χ3n) is 1.86. The number of allylic oxidation sites excluding steroid dienone is 1. The van der Waals surface area contributed by atoms with Crippen molar-refractivity contribution in [1.82, 2.24) is 0 Å². The standard InChI is InChI=1S/C12H11BrO3/c1-8(14)6-11(15)7-12(16)9-2-4-10(13)5-3-9/h2-5,7,16H,6H2,1H3/b12-7-. The molecule has 4 heteroatoms. The minimum Gasteiger partial charge on any atom is -0.507 e. The molecule has 0 spiro atoms. The average molecular weight is 283 g/mol. The minimum absolute atomic E-state index is 0.126. The van der Waals surface area contributed by atoms with Gasteiger partial charge in [-0.15, -0.1) is 0 Å². The highest BCUT2D eigenvalue weighted by molar-refractivity contribution is 9.10. The number of hydrogen-bond acceptors (Lipinski definition) is 3. The molecule has 0 aliphatic carbocycles. The summed E-state index contributed by atoms with van der Waals surface area (Å²) in [7, 11) is 0. The fraction of sp³-hybridized carbons (Fsp3) is 0.167. The van der Waals surface area contributed by atoms with Crippen LogP contribution in [0, 0.1) is 0 Å². The number of rotatable bonds is 4. The van der Waals surface area contributed by atoms with E-state index in [1.165, 1.54) is 6.92 Å². The summed E-state index contributed by atoms with van der Waals surface area (Å²) in [5, 5.41) is 9.61. The number of carbonyl (C=O) groups excluding carboxylic acids is 2. The van der Waals surface area contributed by atoms with Gasteiger partial charge in [0.2, 0.25) is 0 Å². The zero-order valence-electron chi connectivity index (χ0n) is 8.74. The van der Waals surface area contributed by atoms with Crippen LogP contribution in [0.3, 0.4) is 0 Å². The molecule has 1 aromatic carbocycles. The summed E-state index contributed by atoms with van der Waals surface area (Å²) < 4.78 is 0.888. The smallest absolute Gasteiger partial charge is 0.166 e. The number of carbonyl (C=O) groups is 2. The van der Waals surface area contributed by atoms with Crippen molar-refractivity contribution in [3.8, 4) is 0 Å². The predicted molar refractivity (Wildman–Crippen MR) is 65.1 cm³/mol. The van der Waals surface area contributed by atoms with Gasteiger partial charge in [0.1, 0.15) is 11.5 Å². The van der Waals surface area contributed by atoms with Crippen molar-refractivity contribution in [2.24, 2.45) is 0 Å². The van der Waals surface area contributed by atoms with E-state index in [0.29, 0.717) is 5.56 Å². The number of benzene rings is 1. The molecule has 84 valence electrons. The molecule has 0 aromatic heterocycles. The number of halogens is 1. The van der Waals surface area contributed by atoms with Crippen molar-refractivity contribution in [3.63, 3.8) is 0 Å². The van der Waals surface area contributed by atoms with Crippen LogP contribution in [0.25, 0.3) is 5.76 Å². The Morgan fingerprint density at radius 2 is 1.88 bits per heavy atom. The van der Waals surface area contributed by atoms with E-state index >= 15 is 0 Å². The monoisotopic (exact) mass is 282 g/mol. The van der Waals surface area contributed by atoms with Gasteiger partial charge in [-0.1, -0.05) is 28.1 Å². The Kier molecular flexibility index (Phi) is 4.43. The van der Waals surface area contributed by atoms with Crippen LogP contribution in [0.2, 0.25) is 0 Å². The number of aliphatic hydroxyl groups excluding tert-OH is 1. The van der Waals surface area contributed by atoms with E-state index in [1.807, 2.05) is 0 Å². The lowest BCUT2D eigenvalue weighted by Gasteiger charge is -1.99. The number of hydrogen-bond donors (Lipinski definition) is 1. The molecule has 0 unspecified atom stereocenters. The first-order valence-electron chi connectivity index (χ1n) is 4.68. The fourth-order valence-corrected chi connectivity index (χ4v) is 1.42. The van der Waals surface area contributed by atoms with Crippen molar-refractivity contribution in [2.45, 2.75) is 13.3 Å². The predicted octanol–water partition coefficient (Wildman–Crippen LogP) is 2.90. The van der Waals surface area contributed by atoms with Crippen LogP contribution >= 0.6 is 15.9 Å². The first kappa shape index (κ1) is 12.6. The third kappa shape index (κ3) is 3.98. The zero-order chi connectivity index (χ0) is 12.1. The summed E-state index contributed by atoms with van der Waals surface area (Å²) in [5.74, 6) is -0.739. The summed E-state index contributed by atoms with van der Waals surface area (Å²) >= 11 is 3.27. The Labute approximate surface area is 102 Å². The van der Waals surface area contributed by atoms with Crippen LogP contribution in [-0.2, 0) is 9.59 Å². The average Bonchev–Trinajstić information content (AvgIpc) is 2.16. The van der Waals surface area contributed by atoms with Crippen molar-refractivity contribution in [1.29, 1.82) is 0 Å². The maximum Gasteiger partial charge on any atom is 0.166 e. The largest absolute Gasteiger partial charge is 0.507 e. The van der Waals surface area contributed by atoms with Gasteiger partial charge in [0.05, 0.1) is 6.42 Å². The van der Waals surface area contributed by atoms with Gasteiger partial charge in [0.25, 0.3) is 0 Å². The normalized spacial score (nSPS) is 11.2. The molecule has 0 saturated heterocycles. The Morgan fingerprint density at radius 3 is 2.38 bits per heavy atom. The van der Waals surface area contributed by atoms with Crippen molar-refractivity contribution >= 4 is 33.3 Å². The molecule has 0 saturated carbocycles. The van der Waals surface area contributed by atoms with E-state index < -0.39 is 5.78 Å². The first-order chi connectivity index (χ1) is 7.49. The molecule has 0 amide bonds. The van der Waals surface area contributed by atoms with Crippen LogP contribution < -0.4 is 0 Å². The SMILES string of the molecule is CC(=O)CC(=O)/C=C(\O)c1ccc(Br)cc1. The van der Waals surface area contributed by atoms with E-state index in [0.717, 1.165) is 10.5 Å². The molecular weight excluding hydrogens is 272 g/mol. The number of ketones is 2. The molecule has 1 N–H and O–H groups in total. The maximum atomic E-state index is 11.2. The fourth-order valence-electron chi connectivity index (χ4n) is 1.15. The van der Waals surface area contributed by atoms with Gasteiger partial charge in [-0.25, -0.2) is 0 Å². The van der Waals surface area contributed by atoms with Gasteiger partial charge in [-0.05, 0) is 19.1 Å². The van der Waals surface area contributed by atoms with Crippen molar-refractivity contribution < 1.29 is 14.7 Å². The van der Waals surface area contributed by atoms with Gasteiger partial charge in [-0.3, -0.25) is 9.59 Å². The molecule has 0 atom stereocenters. The molecular formula is C12H11BrO3. The highest BCUT2D eigenvalue weighted by Gasteiger charge is 2.05. The summed E-state index contributed by atoms with van der Waals surface area (Å²) in [6, 6.07) is 6.87. The summed E-state index contributed by atoms with van der Waals surface area (Å²) in [6.45, 7) is 1.34. The van der Waals surface area contributed by atoms with Gasteiger partial charge in [0, 0.05) is 16.1 Å². The number of aliphatic hydroxyl groups is 1. The summed E-state index contributed by atoms with van der Waals surface area (Å²) in [4.78, 5) is 21.9. The topological polar surface area (TPSA) is 54.4 Å². The first-order valence-corrected chi connectivity index (χ1v) is 5.47. The molecule has 0 aliphatic heterocycles. The lowest BCUT2D eigenvalue weighted by atomic mass is 10.1. The van der Waals surface area contributed by atoms with E-state index in [-0.39, 0.29) is 18.0 Å². The highest BCUT2D eigenvalue weighted by Crippen LogP contribution is 2.16. The van der Waals surface area contributed by atoms with Crippen LogP contribution in [-0.4, -0.2) is 16.7 Å². The lowest BCUT2D eigenvalue weighted by molar-refractivity contribution is -0.123. The molecule has 1 aromatic rings. The second-order valence-corrected chi connectivity index (χ2v) is 4.30. The van der Waals surface area contributed by atoms with E-state index in [2.05, 4.69) is 15.9 Å². The molecule has 0 heterocycles. The van der Waals surface area contributed by atoms with Crippen molar-refractivity contribution in [3.05, 3.63) is 40.4 Å². The van der Waals surface area contributed by atoms with E-state index in [1.54, 1.807) is 24.3 Å². The van der Waals surface area contributed by atoms with Gasteiger partial charge < -0.3 is 5.11 Å². The Morgan fingerprint density at radius 1 is 1.31 bits per heavy atom. The van der Waals surface area contributed by atoms with Gasteiger partial charge in [-0.2, -0.15) is 0 Å². The Bertz CT molecular complexity index is 432. The Balaban J connectivity index is 2.81. The third-order valence-corrected chi connectivity index (χ3v) is 2.39. The van der Waals surface area contributed by atoms with Crippen molar-refractivity contribution in [2.75, 3.05) is 0 Å². The lowest BCUT2D eigenvalue weighted by Crippen LogP contribution is -2.01. The van der Waals surface area contributed by atoms with E-state index in [4.69, 9.17) is 0 Å². The molecule has 1 rings (SSSR count). The summed E-state index contributed by atoms with van der Waals surface area (Å²) in [5.41, 5.74) is 0.542. The number of Topliss-reactive ketones (excluding diaryl/α,β-unsaturated/α-hetero) is 1. The van der Waals surface area contributed by atoms with E-state index in [9.17, 15) is 14.7 Å². The Hall–Kier alpha value is -1.42. The second-order valence-electron chi connectivity index (χ2n) is 3.38. The molecule has 0 bridgehead atoms. The molecule has 0 aliphatic rings. The van der Waals surface area contributed by atoms with Gasteiger partial charge in [0.15, 0.2) is 5.78 Å². The molecule has 0 fully saturated rings. The molecule has 0 radical (unpaired) electrons. The van der Waals surface area contributed by atoms with Crippen LogP contribution in [0.1, 0.15) is 18.9 Å².